The number of benzene rings is 2. The first kappa shape index (κ1) is 19.5. The fourth-order valence-electron chi connectivity index (χ4n) is 4.29. The zero-order valence-corrected chi connectivity index (χ0v) is 18.4. The Hall–Kier alpha value is -3.44. The second-order valence-electron chi connectivity index (χ2n) is 7.97. The van der Waals surface area contributed by atoms with E-state index in [0.29, 0.717) is 5.11 Å². The van der Waals surface area contributed by atoms with Gasteiger partial charge in [0.15, 0.2) is 5.11 Å². The molecule has 31 heavy (non-hydrogen) atoms. The molecule has 3 heterocycles. The molecule has 1 aliphatic heterocycles. The SMILES string of the molecule is Cc1ccc(-n2cccc2[C@H]2[C@@H](c3ccccn3)NC(=S)N2c2cccc(C)c2)cc1. The van der Waals surface area contributed by atoms with Crippen LogP contribution in [0.3, 0.4) is 0 Å². The van der Waals surface area contributed by atoms with Crippen molar-refractivity contribution in [3.63, 3.8) is 0 Å². The first-order valence-corrected chi connectivity index (χ1v) is 10.8. The van der Waals surface area contributed by atoms with Crippen molar-refractivity contribution >= 4 is 23.0 Å². The summed E-state index contributed by atoms with van der Waals surface area (Å²) in [6.07, 6.45) is 3.96. The molecule has 5 rings (SSSR count). The Morgan fingerprint density at radius 2 is 1.68 bits per heavy atom. The Morgan fingerprint density at radius 3 is 2.42 bits per heavy atom. The minimum atomic E-state index is -0.0617. The maximum absolute atomic E-state index is 5.85. The average Bonchev–Trinajstić information content (AvgIpc) is 3.39. The van der Waals surface area contributed by atoms with Gasteiger partial charge in [-0.15, -0.1) is 0 Å². The Kier molecular flexibility index (Phi) is 5.04. The first-order valence-electron chi connectivity index (χ1n) is 10.4. The van der Waals surface area contributed by atoms with Crippen molar-refractivity contribution in [2.24, 2.45) is 0 Å². The molecule has 0 radical (unpaired) electrons. The zero-order valence-electron chi connectivity index (χ0n) is 17.6. The van der Waals surface area contributed by atoms with Crippen LogP contribution < -0.4 is 10.2 Å². The van der Waals surface area contributed by atoms with E-state index >= 15 is 0 Å². The van der Waals surface area contributed by atoms with Crippen molar-refractivity contribution in [1.29, 1.82) is 0 Å². The molecule has 2 atom stereocenters. The summed E-state index contributed by atoms with van der Waals surface area (Å²) in [4.78, 5) is 6.88. The highest BCUT2D eigenvalue weighted by Gasteiger charge is 2.42. The van der Waals surface area contributed by atoms with Crippen LogP contribution >= 0.6 is 12.2 Å². The fraction of sp³-hybridized carbons (Fsp3) is 0.154. The predicted molar refractivity (Wildman–Crippen MR) is 130 cm³/mol. The number of rotatable bonds is 4. The third-order valence-corrected chi connectivity index (χ3v) is 6.09. The summed E-state index contributed by atoms with van der Waals surface area (Å²) in [7, 11) is 0. The molecule has 0 aliphatic carbocycles. The first-order chi connectivity index (χ1) is 15.1. The Labute approximate surface area is 188 Å². The summed E-state index contributed by atoms with van der Waals surface area (Å²) in [6, 6.07) is 27.3. The maximum Gasteiger partial charge on any atom is 0.174 e. The number of pyridine rings is 1. The molecule has 154 valence electrons. The lowest BCUT2D eigenvalue weighted by Crippen LogP contribution is -2.30. The van der Waals surface area contributed by atoms with E-state index < -0.39 is 0 Å². The van der Waals surface area contributed by atoms with Crippen molar-refractivity contribution in [3.8, 4) is 5.69 Å². The van der Waals surface area contributed by atoms with Gasteiger partial charge in [-0.05, 0) is 80.2 Å². The number of nitrogens with one attached hydrogen (secondary N) is 1. The lowest BCUT2D eigenvalue weighted by atomic mass is 10.0. The number of aromatic nitrogens is 2. The normalized spacial score (nSPS) is 18.3. The van der Waals surface area contributed by atoms with Crippen LogP contribution in [0.4, 0.5) is 5.69 Å². The predicted octanol–water partition coefficient (Wildman–Crippen LogP) is 5.67. The van der Waals surface area contributed by atoms with E-state index in [0.717, 1.165) is 22.8 Å². The number of anilines is 1. The summed E-state index contributed by atoms with van der Waals surface area (Å²) < 4.78 is 2.25. The minimum absolute atomic E-state index is 0.0412. The van der Waals surface area contributed by atoms with E-state index in [1.807, 2.05) is 18.3 Å². The van der Waals surface area contributed by atoms with E-state index in [-0.39, 0.29) is 12.1 Å². The van der Waals surface area contributed by atoms with E-state index in [4.69, 9.17) is 12.2 Å². The Balaban J connectivity index is 1.67. The number of hydrogen-bond acceptors (Lipinski definition) is 2. The van der Waals surface area contributed by atoms with Crippen LogP contribution in [0.5, 0.6) is 0 Å². The molecule has 0 spiro atoms. The van der Waals surface area contributed by atoms with E-state index in [2.05, 4.69) is 107 Å². The number of nitrogens with zero attached hydrogens (tertiary/aromatic N) is 3. The highest BCUT2D eigenvalue weighted by atomic mass is 32.1. The second-order valence-corrected chi connectivity index (χ2v) is 8.36. The van der Waals surface area contributed by atoms with E-state index in [1.54, 1.807) is 0 Å². The number of aryl methyl sites for hydroxylation is 2. The molecule has 4 aromatic rings. The Bertz CT molecular complexity index is 1210. The summed E-state index contributed by atoms with van der Waals surface area (Å²) in [5.41, 5.74) is 6.79. The monoisotopic (exact) mass is 424 g/mol. The molecule has 4 nitrogen and oxygen atoms in total. The molecule has 0 unspecified atom stereocenters. The van der Waals surface area contributed by atoms with Gasteiger partial charge in [0.25, 0.3) is 0 Å². The lowest BCUT2D eigenvalue weighted by Gasteiger charge is -2.29. The van der Waals surface area contributed by atoms with Crippen LogP contribution in [0.1, 0.15) is 34.6 Å². The molecule has 2 aromatic carbocycles. The topological polar surface area (TPSA) is 33.1 Å². The summed E-state index contributed by atoms with van der Waals surface area (Å²) >= 11 is 5.85. The van der Waals surface area contributed by atoms with Gasteiger partial charge in [-0.1, -0.05) is 35.9 Å². The molecule has 0 amide bonds. The molecule has 1 fully saturated rings. The molecule has 1 N–H and O–H groups in total. The summed E-state index contributed by atoms with van der Waals surface area (Å²) in [6.45, 7) is 4.21. The minimum Gasteiger partial charge on any atom is -0.351 e. The van der Waals surface area contributed by atoms with Gasteiger partial charge >= 0.3 is 0 Å². The van der Waals surface area contributed by atoms with Crippen molar-refractivity contribution in [2.75, 3.05) is 4.90 Å². The van der Waals surface area contributed by atoms with Crippen molar-refractivity contribution in [3.05, 3.63) is 114 Å². The van der Waals surface area contributed by atoms with Crippen LogP contribution in [0.25, 0.3) is 5.69 Å². The third-order valence-electron chi connectivity index (χ3n) is 5.77. The molecule has 2 aromatic heterocycles. The molecule has 5 heteroatoms. The van der Waals surface area contributed by atoms with Gasteiger partial charge in [-0.2, -0.15) is 0 Å². The van der Waals surface area contributed by atoms with Crippen molar-refractivity contribution in [2.45, 2.75) is 25.9 Å². The molecule has 0 bridgehead atoms. The average molecular weight is 425 g/mol. The molecule has 1 saturated heterocycles. The largest absolute Gasteiger partial charge is 0.351 e. The standard InChI is InChI=1S/C26H24N4S/c1-18-11-13-20(14-12-18)29-16-6-10-23(29)25-24(22-9-3-4-15-27-22)28-26(31)30(25)21-8-5-7-19(2)17-21/h3-17,24-25H,1-2H3,(H,28,31)/t24-,25+/m1/s1. The smallest absolute Gasteiger partial charge is 0.174 e. The van der Waals surface area contributed by atoms with Crippen LogP contribution in [-0.2, 0) is 0 Å². The summed E-state index contributed by atoms with van der Waals surface area (Å²) in [5, 5.41) is 4.26. The van der Waals surface area contributed by atoms with Gasteiger partial charge in [0, 0.05) is 29.5 Å². The van der Waals surface area contributed by atoms with Gasteiger partial charge < -0.3 is 14.8 Å². The number of hydrogen-bond donors (Lipinski definition) is 1. The van der Waals surface area contributed by atoms with Gasteiger partial charge in [0.2, 0.25) is 0 Å². The van der Waals surface area contributed by atoms with Gasteiger partial charge in [0.1, 0.15) is 6.04 Å². The van der Waals surface area contributed by atoms with E-state index in [9.17, 15) is 0 Å². The maximum atomic E-state index is 5.85. The number of thiocarbonyl (C=S) groups is 1. The molecular weight excluding hydrogens is 400 g/mol. The van der Waals surface area contributed by atoms with Crippen LogP contribution in [0.2, 0.25) is 0 Å². The lowest BCUT2D eigenvalue weighted by molar-refractivity contribution is 0.549. The van der Waals surface area contributed by atoms with E-state index in [1.165, 1.54) is 11.1 Å². The van der Waals surface area contributed by atoms with Gasteiger partial charge in [-0.25, -0.2) is 0 Å². The highest BCUT2D eigenvalue weighted by molar-refractivity contribution is 7.80. The fourth-order valence-corrected chi connectivity index (χ4v) is 4.63. The third kappa shape index (κ3) is 3.62. The molecular formula is C26H24N4S. The summed E-state index contributed by atoms with van der Waals surface area (Å²) in [5.74, 6) is 0. The van der Waals surface area contributed by atoms with Crippen LogP contribution in [0, 0.1) is 13.8 Å². The van der Waals surface area contributed by atoms with Gasteiger partial charge in [-0.3, -0.25) is 4.98 Å². The van der Waals surface area contributed by atoms with Gasteiger partial charge in [0.05, 0.1) is 11.7 Å². The Morgan fingerprint density at radius 1 is 0.839 bits per heavy atom. The molecule has 1 aliphatic rings. The quantitative estimate of drug-likeness (QED) is 0.428. The van der Waals surface area contributed by atoms with Crippen LogP contribution in [0.15, 0.2) is 91.3 Å². The molecule has 0 saturated carbocycles. The zero-order chi connectivity index (χ0) is 21.4. The highest BCUT2D eigenvalue weighted by Crippen LogP contribution is 2.42. The van der Waals surface area contributed by atoms with Crippen molar-refractivity contribution in [1.82, 2.24) is 14.9 Å². The van der Waals surface area contributed by atoms with Crippen LogP contribution in [-0.4, -0.2) is 14.7 Å². The van der Waals surface area contributed by atoms with Crippen molar-refractivity contribution < 1.29 is 0 Å². The second kappa shape index (κ2) is 8.00.